The highest BCUT2D eigenvalue weighted by atomic mass is 32.2. The fourth-order valence-corrected chi connectivity index (χ4v) is 5.83. The predicted molar refractivity (Wildman–Crippen MR) is 104 cm³/mol. The molecule has 1 aromatic heterocycles. The number of thioether (sulfide) groups is 1. The monoisotopic (exact) mass is 409 g/mol. The molecule has 0 bridgehead atoms. The van der Waals surface area contributed by atoms with Gasteiger partial charge in [-0.2, -0.15) is 4.68 Å². The second-order valence-electron chi connectivity index (χ2n) is 7.36. The Balaban J connectivity index is 1.62. The molecule has 0 spiro atoms. The van der Waals surface area contributed by atoms with E-state index < -0.39 is 15.4 Å². The number of tetrazole rings is 1. The van der Waals surface area contributed by atoms with E-state index in [2.05, 4.69) is 34.7 Å². The van der Waals surface area contributed by atoms with Gasteiger partial charge in [0, 0.05) is 0 Å². The Morgan fingerprint density at radius 3 is 2.63 bits per heavy atom. The lowest BCUT2D eigenvalue weighted by molar-refractivity contribution is -0.120. The zero-order chi connectivity index (χ0) is 19.7. The van der Waals surface area contributed by atoms with Crippen LogP contribution in [0.4, 0.5) is 0 Å². The molecule has 0 unspecified atom stereocenters. The van der Waals surface area contributed by atoms with Crippen molar-refractivity contribution in [2.75, 3.05) is 17.3 Å². The van der Waals surface area contributed by atoms with Gasteiger partial charge in [0.05, 0.1) is 28.5 Å². The van der Waals surface area contributed by atoms with Gasteiger partial charge >= 0.3 is 0 Å². The van der Waals surface area contributed by atoms with Gasteiger partial charge in [-0.3, -0.25) is 4.79 Å². The molecule has 0 radical (unpaired) electrons. The molecule has 0 aliphatic carbocycles. The SMILES string of the molecule is CC(C)c1ccc(-n2nnnc2SCC(=O)N[C@@]2(C)CCS(=O)(=O)C2)cc1. The maximum Gasteiger partial charge on any atom is 0.230 e. The lowest BCUT2D eigenvalue weighted by atomic mass is 10.0. The Labute approximate surface area is 163 Å². The smallest absolute Gasteiger partial charge is 0.230 e. The summed E-state index contributed by atoms with van der Waals surface area (Å²) in [6, 6.07) is 7.95. The van der Waals surface area contributed by atoms with E-state index in [0.717, 1.165) is 5.69 Å². The Bertz CT molecular complexity index is 924. The Morgan fingerprint density at radius 1 is 1.33 bits per heavy atom. The fourth-order valence-electron chi connectivity index (χ4n) is 3.04. The predicted octanol–water partition coefficient (Wildman–Crippen LogP) is 1.57. The average Bonchev–Trinajstić information content (AvgIpc) is 3.16. The van der Waals surface area contributed by atoms with Crippen LogP contribution < -0.4 is 5.32 Å². The highest BCUT2D eigenvalue weighted by Crippen LogP contribution is 2.24. The molecule has 1 aliphatic heterocycles. The lowest BCUT2D eigenvalue weighted by Crippen LogP contribution is -2.47. The third-order valence-electron chi connectivity index (χ3n) is 4.52. The largest absolute Gasteiger partial charge is 0.349 e. The number of hydrogen-bond acceptors (Lipinski definition) is 7. The Kier molecular flexibility index (Phi) is 5.57. The minimum Gasteiger partial charge on any atom is -0.349 e. The van der Waals surface area contributed by atoms with Gasteiger partial charge in [-0.1, -0.05) is 37.7 Å². The highest BCUT2D eigenvalue weighted by Gasteiger charge is 2.39. The van der Waals surface area contributed by atoms with Crippen molar-refractivity contribution < 1.29 is 13.2 Å². The maximum atomic E-state index is 12.3. The van der Waals surface area contributed by atoms with Crippen LogP contribution in [0.3, 0.4) is 0 Å². The third kappa shape index (κ3) is 4.86. The molecule has 2 heterocycles. The molecule has 0 saturated carbocycles. The molecule has 146 valence electrons. The molecular weight excluding hydrogens is 386 g/mol. The molecule has 1 saturated heterocycles. The van der Waals surface area contributed by atoms with Crippen molar-refractivity contribution in [3.8, 4) is 5.69 Å². The zero-order valence-electron chi connectivity index (χ0n) is 15.5. The van der Waals surface area contributed by atoms with Gasteiger partial charge < -0.3 is 5.32 Å². The summed E-state index contributed by atoms with van der Waals surface area (Å²) in [4.78, 5) is 12.3. The third-order valence-corrected chi connectivity index (χ3v) is 7.34. The summed E-state index contributed by atoms with van der Waals surface area (Å²) >= 11 is 1.21. The maximum absolute atomic E-state index is 12.3. The van der Waals surface area contributed by atoms with Crippen LogP contribution in [0.25, 0.3) is 5.69 Å². The van der Waals surface area contributed by atoms with E-state index in [4.69, 9.17) is 0 Å². The van der Waals surface area contributed by atoms with Gasteiger partial charge in [0.1, 0.15) is 0 Å². The second kappa shape index (κ2) is 7.59. The molecule has 2 aromatic rings. The van der Waals surface area contributed by atoms with Crippen molar-refractivity contribution >= 4 is 27.5 Å². The van der Waals surface area contributed by atoms with Crippen LogP contribution in [-0.4, -0.2) is 57.3 Å². The topological polar surface area (TPSA) is 107 Å². The molecule has 3 rings (SSSR count). The summed E-state index contributed by atoms with van der Waals surface area (Å²) in [5.74, 6) is 0.411. The molecule has 1 fully saturated rings. The highest BCUT2D eigenvalue weighted by molar-refractivity contribution is 7.99. The number of nitrogens with one attached hydrogen (secondary N) is 1. The van der Waals surface area contributed by atoms with Crippen LogP contribution in [0, 0.1) is 0 Å². The van der Waals surface area contributed by atoms with Crippen molar-refractivity contribution in [1.82, 2.24) is 25.5 Å². The first kappa shape index (κ1) is 19.8. The number of benzene rings is 1. The molecule has 8 nitrogen and oxygen atoms in total. The molecule has 1 atom stereocenters. The number of rotatable bonds is 6. The van der Waals surface area contributed by atoms with Crippen molar-refractivity contribution in [3.05, 3.63) is 29.8 Å². The van der Waals surface area contributed by atoms with Crippen LogP contribution in [0.1, 0.15) is 38.7 Å². The van der Waals surface area contributed by atoms with E-state index in [1.807, 2.05) is 24.3 Å². The molecule has 1 aliphatic rings. The van der Waals surface area contributed by atoms with E-state index in [9.17, 15) is 13.2 Å². The number of aromatic nitrogens is 4. The number of carbonyl (C=O) groups is 1. The number of hydrogen-bond donors (Lipinski definition) is 1. The van der Waals surface area contributed by atoms with Gasteiger partial charge in [-0.05, 0) is 47.4 Å². The quantitative estimate of drug-likeness (QED) is 0.722. The van der Waals surface area contributed by atoms with Crippen molar-refractivity contribution in [2.24, 2.45) is 0 Å². The zero-order valence-corrected chi connectivity index (χ0v) is 17.2. The lowest BCUT2D eigenvalue weighted by Gasteiger charge is -2.23. The van der Waals surface area contributed by atoms with E-state index in [1.165, 1.54) is 17.3 Å². The van der Waals surface area contributed by atoms with E-state index in [-0.39, 0.29) is 23.2 Å². The van der Waals surface area contributed by atoms with Crippen molar-refractivity contribution in [1.29, 1.82) is 0 Å². The van der Waals surface area contributed by atoms with Gasteiger partial charge in [0.15, 0.2) is 9.84 Å². The van der Waals surface area contributed by atoms with Gasteiger partial charge in [-0.15, -0.1) is 5.10 Å². The van der Waals surface area contributed by atoms with Gasteiger partial charge in [0.25, 0.3) is 0 Å². The summed E-state index contributed by atoms with van der Waals surface area (Å²) in [7, 11) is -3.07. The van der Waals surface area contributed by atoms with Gasteiger partial charge in [-0.25, -0.2) is 8.42 Å². The summed E-state index contributed by atoms with van der Waals surface area (Å²) in [5.41, 5.74) is 1.34. The van der Waals surface area contributed by atoms with Crippen molar-refractivity contribution in [3.63, 3.8) is 0 Å². The first-order chi connectivity index (χ1) is 12.7. The van der Waals surface area contributed by atoms with Crippen LogP contribution in [-0.2, 0) is 14.6 Å². The first-order valence-electron chi connectivity index (χ1n) is 8.70. The normalized spacial score (nSPS) is 21.5. The standard InChI is InChI=1S/C17H23N5O3S2/c1-12(2)13-4-6-14(7-5-13)22-16(19-20-21-22)26-10-15(23)18-17(3)8-9-27(24,25)11-17/h4-7,12H,8-11H2,1-3H3,(H,18,23)/t17-/m0/s1. The van der Waals surface area contributed by atoms with Crippen LogP contribution in [0.2, 0.25) is 0 Å². The minimum atomic E-state index is -3.07. The number of sulfone groups is 1. The van der Waals surface area contributed by atoms with E-state index in [1.54, 1.807) is 11.6 Å². The minimum absolute atomic E-state index is 0.0175. The fraction of sp³-hybridized carbons (Fsp3) is 0.529. The average molecular weight is 410 g/mol. The second-order valence-corrected chi connectivity index (χ2v) is 10.5. The van der Waals surface area contributed by atoms with E-state index >= 15 is 0 Å². The molecule has 10 heteroatoms. The summed E-state index contributed by atoms with van der Waals surface area (Å²) in [6.07, 6.45) is 0.436. The number of nitrogens with zero attached hydrogens (tertiary/aromatic N) is 4. The molecular formula is C17H23N5O3S2. The van der Waals surface area contributed by atoms with Crippen molar-refractivity contribution in [2.45, 2.75) is 43.8 Å². The number of carbonyl (C=O) groups excluding carboxylic acids is 1. The molecule has 27 heavy (non-hydrogen) atoms. The van der Waals surface area contributed by atoms with Crippen LogP contribution in [0.5, 0.6) is 0 Å². The summed E-state index contributed by atoms with van der Waals surface area (Å²) in [5, 5.41) is 15.0. The van der Waals surface area contributed by atoms with Crippen LogP contribution >= 0.6 is 11.8 Å². The molecule has 1 aromatic carbocycles. The van der Waals surface area contributed by atoms with Crippen LogP contribution in [0.15, 0.2) is 29.4 Å². The van der Waals surface area contributed by atoms with E-state index in [0.29, 0.717) is 17.5 Å². The molecule has 1 N–H and O–H groups in total. The first-order valence-corrected chi connectivity index (χ1v) is 11.5. The summed E-state index contributed by atoms with van der Waals surface area (Å²) in [6.45, 7) is 6.02. The van der Waals surface area contributed by atoms with Gasteiger partial charge in [0.2, 0.25) is 11.1 Å². The Hall–Kier alpha value is -1.94. The number of amides is 1. The summed E-state index contributed by atoms with van der Waals surface area (Å²) < 4.78 is 24.9. The molecule has 1 amide bonds. The Morgan fingerprint density at radius 2 is 2.04 bits per heavy atom.